The highest BCUT2D eigenvalue weighted by molar-refractivity contribution is 5.94. The molecule has 3 nitrogen and oxygen atoms in total. The third-order valence-corrected chi connectivity index (χ3v) is 4.27. The lowest BCUT2D eigenvalue weighted by Gasteiger charge is -2.38. The second-order valence-electron chi connectivity index (χ2n) is 5.85. The first-order valence-corrected chi connectivity index (χ1v) is 7.39. The fourth-order valence-electron chi connectivity index (χ4n) is 3.00. The van der Waals surface area contributed by atoms with Crippen molar-refractivity contribution >= 4 is 5.91 Å². The van der Waals surface area contributed by atoms with E-state index in [-0.39, 0.29) is 18.4 Å². The van der Waals surface area contributed by atoms with Crippen LogP contribution in [0.4, 0.5) is 26.3 Å². The standard InChI is InChI=1S/C15H16F6N2O/c1-23(11-5-3-2-4-10(11)14(16,17)18)13(24)9-6-7-12(22-8-9)15(19,20)21/h6-8,10-11H,2-5H2,1H3/t10-,11+/m1/s1. The van der Waals surface area contributed by atoms with E-state index in [1.165, 1.54) is 7.05 Å². The number of hydrogen-bond donors (Lipinski definition) is 0. The molecule has 1 saturated carbocycles. The molecule has 1 aromatic rings. The average Bonchev–Trinajstić information content (AvgIpc) is 2.52. The monoisotopic (exact) mass is 354 g/mol. The number of nitrogens with zero attached hydrogens (tertiary/aromatic N) is 2. The van der Waals surface area contributed by atoms with Crippen LogP contribution in [0.1, 0.15) is 41.7 Å². The minimum atomic E-state index is -4.64. The van der Waals surface area contributed by atoms with Gasteiger partial charge in [0.05, 0.1) is 11.5 Å². The van der Waals surface area contributed by atoms with Crippen molar-refractivity contribution in [2.24, 2.45) is 5.92 Å². The summed E-state index contributed by atoms with van der Waals surface area (Å²) in [5, 5.41) is 0. The van der Waals surface area contributed by atoms with Crippen LogP contribution in [0, 0.1) is 5.92 Å². The van der Waals surface area contributed by atoms with Crippen molar-refractivity contribution in [3.8, 4) is 0 Å². The molecule has 2 rings (SSSR count). The molecule has 1 fully saturated rings. The number of aromatic nitrogens is 1. The Morgan fingerprint density at radius 1 is 1.12 bits per heavy atom. The van der Waals surface area contributed by atoms with E-state index < -0.39 is 35.9 Å². The molecule has 2 atom stereocenters. The lowest BCUT2D eigenvalue weighted by atomic mass is 9.83. The third-order valence-electron chi connectivity index (χ3n) is 4.27. The van der Waals surface area contributed by atoms with E-state index in [2.05, 4.69) is 4.98 Å². The number of carbonyl (C=O) groups is 1. The van der Waals surface area contributed by atoms with E-state index in [0.717, 1.165) is 17.2 Å². The summed E-state index contributed by atoms with van der Waals surface area (Å²) in [4.78, 5) is 16.5. The van der Waals surface area contributed by atoms with E-state index >= 15 is 0 Å². The van der Waals surface area contributed by atoms with Gasteiger partial charge in [0.25, 0.3) is 5.91 Å². The minimum absolute atomic E-state index is 0.0585. The molecule has 1 heterocycles. The van der Waals surface area contributed by atoms with Gasteiger partial charge in [-0.05, 0) is 25.0 Å². The van der Waals surface area contributed by atoms with Gasteiger partial charge < -0.3 is 4.90 Å². The number of amides is 1. The SMILES string of the molecule is CN(C(=O)c1ccc(C(F)(F)F)nc1)[C@H]1CCCC[C@H]1C(F)(F)F. The zero-order chi connectivity index (χ0) is 18.1. The van der Waals surface area contributed by atoms with Gasteiger partial charge in [-0.15, -0.1) is 0 Å². The maximum atomic E-state index is 13.1. The van der Waals surface area contributed by atoms with Crippen molar-refractivity contribution in [2.45, 2.75) is 44.1 Å². The van der Waals surface area contributed by atoms with Crippen LogP contribution in [0.2, 0.25) is 0 Å². The van der Waals surface area contributed by atoms with Crippen LogP contribution in [-0.2, 0) is 6.18 Å². The second-order valence-corrected chi connectivity index (χ2v) is 5.85. The Morgan fingerprint density at radius 2 is 1.75 bits per heavy atom. The summed E-state index contributed by atoms with van der Waals surface area (Å²) >= 11 is 0. The Hall–Kier alpha value is -1.80. The van der Waals surface area contributed by atoms with Gasteiger partial charge in [0, 0.05) is 19.3 Å². The Balaban J connectivity index is 2.19. The van der Waals surface area contributed by atoms with Crippen LogP contribution in [0.25, 0.3) is 0 Å². The van der Waals surface area contributed by atoms with Gasteiger partial charge >= 0.3 is 12.4 Å². The lowest BCUT2D eigenvalue weighted by Crippen LogP contribution is -2.48. The molecule has 0 N–H and O–H groups in total. The molecule has 0 radical (unpaired) electrons. The van der Waals surface area contributed by atoms with Gasteiger partial charge in [-0.3, -0.25) is 9.78 Å². The molecule has 0 spiro atoms. The Labute approximate surface area is 134 Å². The van der Waals surface area contributed by atoms with E-state index in [1.807, 2.05) is 0 Å². The summed E-state index contributed by atoms with van der Waals surface area (Å²) in [5.41, 5.74) is -1.33. The first-order chi connectivity index (χ1) is 11.0. The molecule has 0 bridgehead atoms. The summed E-state index contributed by atoms with van der Waals surface area (Å²) in [5.74, 6) is -2.39. The van der Waals surface area contributed by atoms with E-state index in [0.29, 0.717) is 18.9 Å². The summed E-state index contributed by atoms with van der Waals surface area (Å²) < 4.78 is 76.8. The first-order valence-electron chi connectivity index (χ1n) is 7.39. The van der Waals surface area contributed by atoms with Crippen molar-refractivity contribution in [1.82, 2.24) is 9.88 Å². The topological polar surface area (TPSA) is 33.2 Å². The van der Waals surface area contributed by atoms with Crippen LogP contribution in [0.5, 0.6) is 0 Å². The zero-order valence-electron chi connectivity index (χ0n) is 12.8. The van der Waals surface area contributed by atoms with Crippen molar-refractivity contribution < 1.29 is 31.1 Å². The molecule has 1 amide bonds. The molecule has 0 aromatic carbocycles. The molecule has 1 aliphatic carbocycles. The van der Waals surface area contributed by atoms with Crippen LogP contribution in [-0.4, -0.2) is 35.1 Å². The highest BCUT2D eigenvalue weighted by Crippen LogP contribution is 2.40. The quantitative estimate of drug-likeness (QED) is 0.742. The molecule has 1 aromatic heterocycles. The third kappa shape index (κ3) is 3.99. The minimum Gasteiger partial charge on any atom is -0.338 e. The van der Waals surface area contributed by atoms with Gasteiger partial charge in [-0.2, -0.15) is 26.3 Å². The maximum Gasteiger partial charge on any atom is 0.433 e. The molecular weight excluding hydrogens is 338 g/mol. The second kappa shape index (κ2) is 6.60. The van der Waals surface area contributed by atoms with Crippen LogP contribution in [0.3, 0.4) is 0 Å². The number of rotatable bonds is 2. The molecule has 134 valence electrons. The lowest BCUT2D eigenvalue weighted by molar-refractivity contribution is -0.195. The van der Waals surface area contributed by atoms with Gasteiger partial charge in [0.15, 0.2) is 0 Å². The molecule has 24 heavy (non-hydrogen) atoms. The molecule has 9 heteroatoms. The average molecular weight is 354 g/mol. The maximum absolute atomic E-state index is 13.1. The molecule has 0 aliphatic heterocycles. The van der Waals surface area contributed by atoms with Crippen molar-refractivity contribution in [3.63, 3.8) is 0 Å². The first kappa shape index (κ1) is 18.5. The van der Waals surface area contributed by atoms with E-state index in [9.17, 15) is 31.1 Å². The van der Waals surface area contributed by atoms with Gasteiger partial charge in [0.1, 0.15) is 5.69 Å². The highest BCUT2D eigenvalue weighted by Gasteiger charge is 2.47. The van der Waals surface area contributed by atoms with E-state index in [1.54, 1.807) is 0 Å². The molecule has 0 saturated heterocycles. The molecular formula is C15H16F6N2O. The smallest absolute Gasteiger partial charge is 0.338 e. The summed E-state index contributed by atoms with van der Waals surface area (Å²) in [7, 11) is 1.24. The number of halogens is 6. The highest BCUT2D eigenvalue weighted by atomic mass is 19.4. The fourth-order valence-corrected chi connectivity index (χ4v) is 3.00. The van der Waals surface area contributed by atoms with Crippen LogP contribution in [0.15, 0.2) is 18.3 Å². The number of hydrogen-bond acceptors (Lipinski definition) is 2. The summed E-state index contributed by atoms with van der Waals surface area (Å²) in [6.45, 7) is 0. The Bertz CT molecular complexity index is 581. The predicted molar refractivity (Wildman–Crippen MR) is 73.1 cm³/mol. The number of pyridine rings is 1. The Morgan fingerprint density at radius 3 is 2.25 bits per heavy atom. The Kier molecular flexibility index (Phi) is 5.10. The number of alkyl halides is 6. The van der Waals surface area contributed by atoms with Crippen molar-refractivity contribution in [1.29, 1.82) is 0 Å². The van der Waals surface area contributed by atoms with Gasteiger partial charge in [0.2, 0.25) is 0 Å². The normalized spacial score (nSPS) is 22.3. The van der Waals surface area contributed by atoms with Gasteiger partial charge in [-0.1, -0.05) is 12.8 Å². The summed E-state index contributed by atoms with van der Waals surface area (Å²) in [6.07, 6.45) is -7.16. The summed E-state index contributed by atoms with van der Waals surface area (Å²) in [6, 6.07) is 0.553. The molecule has 0 unspecified atom stereocenters. The van der Waals surface area contributed by atoms with Crippen molar-refractivity contribution in [3.05, 3.63) is 29.6 Å². The largest absolute Gasteiger partial charge is 0.433 e. The molecule has 1 aliphatic rings. The van der Waals surface area contributed by atoms with E-state index in [4.69, 9.17) is 0 Å². The predicted octanol–water partition coefficient (Wildman–Crippen LogP) is 4.29. The van der Waals surface area contributed by atoms with Crippen molar-refractivity contribution in [2.75, 3.05) is 7.05 Å². The fraction of sp³-hybridized carbons (Fsp3) is 0.600. The number of carbonyl (C=O) groups excluding carboxylic acids is 1. The van der Waals surface area contributed by atoms with Gasteiger partial charge in [-0.25, -0.2) is 0 Å². The van der Waals surface area contributed by atoms with Crippen LogP contribution < -0.4 is 0 Å². The zero-order valence-corrected chi connectivity index (χ0v) is 12.8. The van der Waals surface area contributed by atoms with Crippen LogP contribution >= 0.6 is 0 Å².